The Morgan fingerprint density at radius 3 is 2.21 bits per heavy atom. The van der Waals surface area contributed by atoms with Crippen molar-refractivity contribution < 1.29 is 28.7 Å². The highest BCUT2D eigenvalue weighted by molar-refractivity contribution is 6.32. The second kappa shape index (κ2) is 12.7. The Balaban J connectivity index is 1.10. The van der Waals surface area contributed by atoms with Crippen LogP contribution in [0.2, 0.25) is 0 Å². The fourth-order valence-corrected chi connectivity index (χ4v) is 10.1. The number of hydrogen-bond acceptors (Lipinski definition) is 7. The largest absolute Gasteiger partial charge is 0.508 e. The van der Waals surface area contributed by atoms with Crippen molar-refractivity contribution in [3.63, 3.8) is 0 Å². The molecule has 1 N–H and O–H groups in total. The summed E-state index contributed by atoms with van der Waals surface area (Å²) >= 11 is 0. The number of allylic oxidation sites excluding steroid dienone is 4. The molecule has 10 rings (SSSR count). The zero-order valence-corrected chi connectivity index (χ0v) is 30.5. The average molecular weight is 737 g/mol. The van der Waals surface area contributed by atoms with Gasteiger partial charge in [0.1, 0.15) is 11.3 Å². The summed E-state index contributed by atoms with van der Waals surface area (Å²) in [5.41, 5.74) is 5.24. The van der Waals surface area contributed by atoms with Crippen molar-refractivity contribution in [2.24, 2.45) is 23.7 Å². The van der Waals surface area contributed by atoms with Crippen LogP contribution in [0.15, 0.2) is 150 Å². The zero-order valence-electron chi connectivity index (χ0n) is 30.5. The molecule has 0 bridgehead atoms. The first-order chi connectivity index (χ1) is 27.3. The normalized spacial score (nSPS) is 25.7. The minimum atomic E-state index is -1.33. The Hall–Kier alpha value is -6.67. The summed E-state index contributed by atoms with van der Waals surface area (Å²) < 4.78 is 5.96. The quantitative estimate of drug-likeness (QED) is 0.139. The molecule has 2 fully saturated rings. The van der Waals surface area contributed by atoms with Crippen molar-refractivity contribution in [1.29, 1.82) is 0 Å². The number of rotatable bonds is 5. The Morgan fingerprint density at radius 1 is 0.768 bits per heavy atom. The molecule has 2 heterocycles. The summed E-state index contributed by atoms with van der Waals surface area (Å²) in [5.74, 6) is -3.72. The number of para-hydroxylation sites is 2. The lowest BCUT2D eigenvalue weighted by Crippen LogP contribution is -2.58. The van der Waals surface area contributed by atoms with Gasteiger partial charge in [-0.05, 0) is 96.5 Å². The van der Waals surface area contributed by atoms with Crippen LogP contribution in [-0.4, -0.2) is 33.5 Å². The summed E-state index contributed by atoms with van der Waals surface area (Å²) in [6, 6.07) is 38.7. The number of benzene rings is 5. The second-order valence-corrected chi connectivity index (χ2v) is 15.4. The van der Waals surface area contributed by atoms with Crippen LogP contribution in [0.1, 0.15) is 41.0 Å². The molecule has 5 aromatic carbocycles. The van der Waals surface area contributed by atoms with E-state index < -0.39 is 35.0 Å². The number of carbonyl (C=O) groups excluding carboxylic acids is 4. The van der Waals surface area contributed by atoms with Crippen LogP contribution in [0.3, 0.4) is 0 Å². The lowest BCUT2D eigenvalue weighted by Gasteiger charge is -2.55. The van der Waals surface area contributed by atoms with Crippen molar-refractivity contribution in [3.8, 4) is 17.2 Å². The lowest BCUT2D eigenvalue weighted by molar-refractivity contribution is -0.135. The number of Topliss-reactive ketones (excluding diaryl/α,β-unsaturated/α-hetero) is 1. The lowest BCUT2D eigenvalue weighted by atomic mass is 9.44. The van der Waals surface area contributed by atoms with E-state index in [0.29, 0.717) is 45.8 Å². The van der Waals surface area contributed by atoms with E-state index in [1.54, 1.807) is 30.3 Å². The number of oxazole rings is 1. The summed E-state index contributed by atoms with van der Waals surface area (Å²) in [4.78, 5) is 65.4. The molecule has 56 heavy (non-hydrogen) atoms. The highest BCUT2D eigenvalue weighted by atomic mass is 16.3. The summed E-state index contributed by atoms with van der Waals surface area (Å²) in [7, 11) is 0. The van der Waals surface area contributed by atoms with Gasteiger partial charge in [0.2, 0.25) is 17.7 Å². The van der Waals surface area contributed by atoms with E-state index >= 15 is 9.59 Å². The zero-order chi connectivity index (χ0) is 38.3. The number of carbonyl (C=O) groups is 4. The fraction of sp³-hybridized carbons (Fsp3) is 0.188. The highest BCUT2D eigenvalue weighted by Gasteiger charge is 2.66. The van der Waals surface area contributed by atoms with Crippen LogP contribution in [-0.2, 0) is 24.6 Å². The molecule has 6 atom stereocenters. The monoisotopic (exact) mass is 736 g/mol. The molecular formula is C48H36N2O6. The van der Waals surface area contributed by atoms with E-state index in [9.17, 15) is 14.7 Å². The maximum absolute atomic E-state index is 15.2. The molecule has 8 nitrogen and oxygen atoms in total. The Bertz CT molecular complexity index is 2640. The molecule has 0 radical (unpaired) electrons. The summed E-state index contributed by atoms with van der Waals surface area (Å²) in [6.07, 6.45) is 4.10. The molecule has 1 aromatic heterocycles. The van der Waals surface area contributed by atoms with Gasteiger partial charge in [-0.2, -0.15) is 0 Å². The minimum absolute atomic E-state index is 0.121. The Kier molecular flexibility index (Phi) is 7.68. The molecular weight excluding hydrogens is 701 g/mol. The molecule has 3 aliphatic carbocycles. The van der Waals surface area contributed by atoms with E-state index in [-0.39, 0.29) is 35.6 Å². The fourth-order valence-electron chi connectivity index (χ4n) is 10.1. The van der Waals surface area contributed by atoms with Gasteiger partial charge in [0.25, 0.3) is 0 Å². The van der Waals surface area contributed by atoms with Gasteiger partial charge in [-0.3, -0.25) is 24.1 Å². The topological polar surface area (TPSA) is 118 Å². The predicted molar refractivity (Wildman–Crippen MR) is 211 cm³/mol. The van der Waals surface area contributed by atoms with Crippen molar-refractivity contribution >= 4 is 45.7 Å². The van der Waals surface area contributed by atoms with E-state index in [4.69, 9.17) is 4.42 Å². The van der Waals surface area contributed by atoms with E-state index in [1.165, 1.54) is 11.0 Å². The van der Waals surface area contributed by atoms with Crippen molar-refractivity contribution in [2.75, 3.05) is 4.90 Å². The van der Waals surface area contributed by atoms with Crippen LogP contribution in [0.25, 0.3) is 28.1 Å². The van der Waals surface area contributed by atoms with Gasteiger partial charge in [0.05, 0.1) is 22.9 Å². The average Bonchev–Trinajstić information content (AvgIpc) is 3.78. The number of ketones is 2. The van der Waals surface area contributed by atoms with Gasteiger partial charge < -0.3 is 9.52 Å². The minimum Gasteiger partial charge on any atom is -0.508 e. The molecule has 2 amide bonds. The third-order valence-electron chi connectivity index (χ3n) is 12.6. The number of imide groups is 1. The number of aromatic hydroxyl groups is 1. The molecule has 0 spiro atoms. The first-order valence-electron chi connectivity index (χ1n) is 19.0. The highest BCUT2D eigenvalue weighted by Crippen LogP contribution is 2.64. The number of phenolic OH excluding ortho intramolecular Hbond substituents is 1. The number of nitrogens with zero attached hydrogens (tertiary/aromatic N) is 2. The molecule has 1 aliphatic heterocycles. The number of anilines is 1. The standard InChI is InChI=1S/C48H36N2O6/c1-27-24-30(18-23-39(27)51)43-33-21-22-34-42(47(55)50(46(34)54)32-19-16-29(17-20-32)45-49-38-14-8-9-15-40(38)56-45)36(33)25-37-44(53)35(28-10-4-2-5-11-28)26-41(52)48(37,43)31-12-6-3-7-13-31/h2-21,23-24,26,34,36-37,42-43,51H,22,25H2,1H3. The van der Waals surface area contributed by atoms with Gasteiger partial charge in [0.15, 0.2) is 17.1 Å². The van der Waals surface area contributed by atoms with Crippen LogP contribution < -0.4 is 4.90 Å². The van der Waals surface area contributed by atoms with Crippen LogP contribution in [0, 0.1) is 30.6 Å². The van der Waals surface area contributed by atoms with Crippen LogP contribution in [0.4, 0.5) is 5.69 Å². The molecule has 4 aliphatic rings. The Morgan fingerprint density at radius 2 is 1.48 bits per heavy atom. The maximum atomic E-state index is 15.2. The van der Waals surface area contributed by atoms with Gasteiger partial charge in [-0.15, -0.1) is 0 Å². The third kappa shape index (κ3) is 4.88. The van der Waals surface area contributed by atoms with Gasteiger partial charge >= 0.3 is 0 Å². The summed E-state index contributed by atoms with van der Waals surface area (Å²) in [5, 5.41) is 10.6. The van der Waals surface area contributed by atoms with Crippen molar-refractivity contribution in [1.82, 2.24) is 4.98 Å². The first-order valence-corrected chi connectivity index (χ1v) is 19.0. The number of fused-ring (bicyclic) bond motifs is 5. The molecule has 1 saturated heterocycles. The number of aromatic nitrogens is 1. The third-order valence-corrected chi connectivity index (χ3v) is 12.6. The number of aryl methyl sites for hydroxylation is 1. The van der Waals surface area contributed by atoms with E-state index in [1.807, 2.05) is 104 Å². The molecule has 1 saturated carbocycles. The maximum Gasteiger partial charge on any atom is 0.238 e. The molecule has 6 unspecified atom stereocenters. The number of phenols is 1. The van der Waals surface area contributed by atoms with Crippen LogP contribution >= 0.6 is 0 Å². The number of amides is 2. The predicted octanol–water partition coefficient (Wildman–Crippen LogP) is 8.54. The second-order valence-electron chi connectivity index (χ2n) is 15.4. The smallest absolute Gasteiger partial charge is 0.238 e. The molecule has 274 valence electrons. The van der Waals surface area contributed by atoms with Gasteiger partial charge in [-0.1, -0.05) is 96.6 Å². The SMILES string of the molecule is Cc1cc(C2C3=CCC4C(=O)N(c5ccc(-c6nc7ccccc7o6)cc5)C(=O)C4C3CC3C(=O)C(c4ccccc4)=CC(=O)C32c2ccccc2)ccc1O. The van der Waals surface area contributed by atoms with Gasteiger partial charge in [-0.25, -0.2) is 4.98 Å². The molecule has 6 aromatic rings. The first kappa shape index (κ1) is 33.9. The van der Waals surface area contributed by atoms with Crippen LogP contribution in [0.5, 0.6) is 5.75 Å². The summed E-state index contributed by atoms with van der Waals surface area (Å²) in [6.45, 7) is 1.81. The van der Waals surface area contributed by atoms with E-state index in [0.717, 1.165) is 22.2 Å². The van der Waals surface area contributed by atoms with Crippen molar-refractivity contribution in [2.45, 2.75) is 31.1 Å². The van der Waals surface area contributed by atoms with E-state index in [2.05, 4.69) is 11.1 Å². The number of hydrogen-bond donors (Lipinski definition) is 1. The van der Waals surface area contributed by atoms with Gasteiger partial charge in [0, 0.05) is 23.0 Å². The van der Waals surface area contributed by atoms with Crippen molar-refractivity contribution in [3.05, 3.63) is 167 Å². The Labute approximate surface area is 322 Å². The molecule has 8 heteroatoms.